The van der Waals surface area contributed by atoms with Crippen LogP contribution in [0.3, 0.4) is 0 Å². The van der Waals surface area contributed by atoms with E-state index in [1.165, 1.54) is 0 Å². The van der Waals surface area contributed by atoms with Crippen LogP contribution in [0.4, 0.5) is 0 Å². The number of hydrogen-bond donors (Lipinski definition) is 2. The van der Waals surface area contributed by atoms with Gasteiger partial charge in [0.05, 0.1) is 11.7 Å². The van der Waals surface area contributed by atoms with E-state index in [9.17, 15) is 4.79 Å². The summed E-state index contributed by atoms with van der Waals surface area (Å²) in [6, 6.07) is 0. The maximum atomic E-state index is 10.2. The zero-order chi connectivity index (χ0) is 8.15. The molecule has 1 atom stereocenters. The first-order valence-corrected chi connectivity index (χ1v) is 3.28. The molecule has 3 nitrogen and oxygen atoms in total. The predicted octanol–water partition coefficient (Wildman–Crippen LogP) is 0.965. The third-order valence-electron chi connectivity index (χ3n) is 1.11. The maximum absolute atomic E-state index is 10.2. The van der Waals surface area contributed by atoms with E-state index in [4.69, 9.17) is 21.8 Å². The summed E-state index contributed by atoms with van der Waals surface area (Å²) >= 11 is 5.13. The Hall–Kier alpha value is -0.540. The number of halogens is 1. The Bertz CT molecular complexity index is 153. The molecule has 58 valence electrons. The molecule has 0 spiro atoms. The van der Waals surface area contributed by atoms with Crippen LogP contribution in [0, 0.1) is 0 Å². The molecule has 0 aliphatic heterocycles. The minimum absolute atomic E-state index is 0.163. The lowest BCUT2D eigenvalue weighted by molar-refractivity contribution is -0.133. The molecule has 10 heavy (non-hydrogen) atoms. The number of aliphatic carboxylic acids is 1. The van der Waals surface area contributed by atoms with E-state index in [1.807, 2.05) is 0 Å². The molecule has 0 saturated carbocycles. The zero-order valence-electron chi connectivity index (χ0n) is 5.54. The number of rotatable bonds is 3. The summed E-state index contributed by atoms with van der Waals surface area (Å²) in [7, 11) is 0. The van der Waals surface area contributed by atoms with Crippen molar-refractivity contribution in [3.8, 4) is 0 Å². The molecule has 0 aliphatic carbocycles. The van der Waals surface area contributed by atoms with E-state index in [-0.39, 0.29) is 5.57 Å². The molecule has 0 aliphatic rings. The van der Waals surface area contributed by atoms with Gasteiger partial charge in [0, 0.05) is 5.54 Å². The Labute approximate surface area is 63.9 Å². The van der Waals surface area contributed by atoms with Gasteiger partial charge in [-0.05, 0) is 6.42 Å². The first-order chi connectivity index (χ1) is 4.63. The molecule has 0 saturated heterocycles. The Balaban J connectivity index is 4.23. The second-order valence-electron chi connectivity index (χ2n) is 1.79. The number of aliphatic hydroxyl groups is 1. The number of carbonyl (C=O) groups is 1. The van der Waals surface area contributed by atoms with Gasteiger partial charge in [-0.3, -0.25) is 0 Å². The van der Waals surface area contributed by atoms with Crippen molar-refractivity contribution in [1.29, 1.82) is 0 Å². The van der Waals surface area contributed by atoms with E-state index < -0.39 is 12.1 Å². The first-order valence-electron chi connectivity index (χ1n) is 2.85. The topological polar surface area (TPSA) is 57.5 Å². The maximum Gasteiger partial charge on any atom is 0.335 e. The fourth-order valence-electron chi connectivity index (χ4n) is 0.482. The van der Waals surface area contributed by atoms with Gasteiger partial charge in [-0.1, -0.05) is 18.5 Å². The number of aliphatic hydroxyl groups excluding tert-OH is 1. The van der Waals surface area contributed by atoms with Gasteiger partial charge in [-0.15, -0.1) is 0 Å². The second-order valence-corrected chi connectivity index (χ2v) is 2.01. The summed E-state index contributed by atoms with van der Waals surface area (Å²) in [5.41, 5.74) is 0.723. The standard InChI is InChI=1S/C6H9ClO3/c1-2-5(8)4(3-7)6(9)10/h3,5,8H,2H2,1H3,(H,9,10)/b4-3+. The molecular weight excluding hydrogens is 156 g/mol. The van der Waals surface area contributed by atoms with Crippen LogP contribution in [0.1, 0.15) is 13.3 Å². The molecule has 4 heteroatoms. The van der Waals surface area contributed by atoms with Gasteiger partial charge in [0.15, 0.2) is 0 Å². The first kappa shape index (κ1) is 9.46. The van der Waals surface area contributed by atoms with Crippen molar-refractivity contribution in [2.45, 2.75) is 19.4 Å². The van der Waals surface area contributed by atoms with Crippen molar-refractivity contribution in [2.75, 3.05) is 0 Å². The normalized spacial score (nSPS) is 14.9. The molecule has 0 rings (SSSR count). The summed E-state index contributed by atoms with van der Waals surface area (Å²) in [6.07, 6.45) is -0.611. The average molecular weight is 165 g/mol. The van der Waals surface area contributed by atoms with Crippen LogP contribution in [0.25, 0.3) is 0 Å². The van der Waals surface area contributed by atoms with Gasteiger partial charge < -0.3 is 10.2 Å². The van der Waals surface area contributed by atoms with Crippen molar-refractivity contribution in [3.05, 3.63) is 11.1 Å². The van der Waals surface area contributed by atoms with Gasteiger partial charge in [0.1, 0.15) is 0 Å². The van der Waals surface area contributed by atoms with Crippen molar-refractivity contribution in [1.82, 2.24) is 0 Å². The van der Waals surface area contributed by atoms with Crippen LogP contribution < -0.4 is 0 Å². The van der Waals surface area contributed by atoms with Crippen molar-refractivity contribution >= 4 is 17.6 Å². The lowest BCUT2D eigenvalue weighted by Crippen LogP contribution is -2.15. The second kappa shape index (κ2) is 4.30. The third kappa shape index (κ3) is 2.37. The average Bonchev–Trinajstić information content (AvgIpc) is 1.88. The predicted molar refractivity (Wildman–Crippen MR) is 37.9 cm³/mol. The zero-order valence-corrected chi connectivity index (χ0v) is 6.30. The largest absolute Gasteiger partial charge is 0.478 e. The monoisotopic (exact) mass is 164 g/mol. The highest BCUT2D eigenvalue weighted by atomic mass is 35.5. The fourth-order valence-corrected chi connectivity index (χ4v) is 0.721. The quantitative estimate of drug-likeness (QED) is 0.611. The Morgan fingerprint density at radius 1 is 1.80 bits per heavy atom. The SMILES string of the molecule is CCC(O)/C(=C\Cl)C(=O)O. The highest BCUT2D eigenvalue weighted by Crippen LogP contribution is 2.07. The lowest BCUT2D eigenvalue weighted by Gasteiger charge is -2.05. The van der Waals surface area contributed by atoms with E-state index in [2.05, 4.69) is 0 Å². The molecule has 0 aromatic carbocycles. The summed E-state index contributed by atoms with van der Waals surface area (Å²) < 4.78 is 0. The number of carboxylic acid groups (broad SMARTS) is 1. The molecule has 0 aromatic heterocycles. The lowest BCUT2D eigenvalue weighted by atomic mass is 10.1. The van der Waals surface area contributed by atoms with E-state index in [0.29, 0.717) is 6.42 Å². The summed E-state index contributed by atoms with van der Waals surface area (Å²) in [5, 5.41) is 17.3. The van der Waals surface area contributed by atoms with E-state index in [0.717, 1.165) is 5.54 Å². The van der Waals surface area contributed by atoms with Crippen LogP contribution in [-0.2, 0) is 4.79 Å². The molecule has 0 amide bonds. The fraction of sp³-hybridized carbons (Fsp3) is 0.500. The Morgan fingerprint density at radius 2 is 2.30 bits per heavy atom. The smallest absolute Gasteiger partial charge is 0.335 e. The molecule has 0 fully saturated rings. The highest BCUT2D eigenvalue weighted by molar-refractivity contribution is 6.27. The van der Waals surface area contributed by atoms with E-state index in [1.54, 1.807) is 6.92 Å². The van der Waals surface area contributed by atoms with Crippen molar-refractivity contribution < 1.29 is 15.0 Å². The van der Waals surface area contributed by atoms with Gasteiger partial charge in [-0.2, -0.15) is 0 Å². The number of carboxylic acids is 1. The van der Waals surface area contributed by atoms with E-state index >= 15 is 0 Å². The van der Waals surface area contributed by atoms with Gasteiger partial charge in [-0.25, -0.2) is 4.79 Å². The minimum atomic E-state index is -1.18. The van der Waals surface area contributed by atoms with Crippen LogP contribution >= 0.6 is 11.6 Å². The van der Waals surface area contributed by atoms with Crippen LogP contribution in [0.5, 0.6) is 0 Å². The Morgan fingerprint density at radius 3 is 2.40 bits per heavy atom. The molecule has 1 unspecified atom stereocenters. The number of hydrogen-bond acceptors (Lipinski definition) is 2. The molecule has 0 radical (unpaired) electrons. The summed E-state index contributed by atoms with van der Waals surface area (Å²) in [5.74, 6) is -1.18. The van der Waals surface area contributed by atoms with Gasteiger partial charge in [0.2, 0.25) is 0 Å². The highest BCUT2D eigenvalue weighted by Gasteiger charge is 2.14. The molecular formula is C6H9ClO3. The van der Waals surface area contributed by atoms with Gasteiger partial charge >= 0.3 is 5.97 Å². The van der Waals surface area contributed by atoms with Crippen LogP contribution in [0.2, 0.25) is 0 Å². The van der Waals surface area contributed by atoms with Crippen molar-refractivity contribution in [2.24, 2.45) is 0 Å². The van der Waals surface area contributed by atoms with Crippen molar-refractivity contribution in [3.63, 3.8) is 0 Å². The minimum Gasteiger partial charge on any atom is -0.478 e. The molecule has 0 heterocycles. The molecule has 0 aromatic rings. The summed E-state index contributed by atoms with van der Waals surface area (Å²) in [6.45, 7) is 1.67. The Kier molecular flexibility index (Phi) is 4.07. The molecule has 2 N–H and O–H groups in total. The van der Waals surface area contributed by atoms with Gasteiger partial charge in [0.25, 0.3) is 0 Å². The summed E-state index contributed by atoms with van der Waals surface area (Å²) in [4.78, 5) is 10.2. The third-order valence-corrected chi connectivity index (χ3v) is 1.35. The van der Waals surface area contributed by atoms with Crippen LogP contribution in [-0.4, -0.2) is 22.3 Å². The van der Waals surface area contributed by atoms with Crippen LogP contribution in [0.15, 0.2) is 11.1 Å². The molecule has 0 bridgehead atoms.